The van der Waals surface area contributed by atoms with Crippen LogP contribution in [0.25, 0.3) is 0 Å². The van der Waals surface area contributed by atoms with Crippen LogP contribution in [0.5, 0.6) is 0 Å². The minimum Gasteiger partial charge on any atom is -0.356 e. The van der Waals surface area contributed by atoms with Gasteiger partial charge in [0.25, 0.3) is 65.0 Å². The Labute approximate surface area is 851 Å². The molecule has 11 aromatic rings. The molecule has 0 saturated heterocycles. The molecule has 0 unspecified atom stereocenters. The predicted molar refractivity (Wildman–Crippen MR) is 541 cm³/mol. The number of hydrogen-bond acceptors (Lipinski definition) is 26. The second kappa shape index (κ2) is 52.2. The van der Waals surface area contributed by atoms with E-state index in [1.807, 2.05) is 19.0 Å². The number of hydrogen-bond donors (Lipinski definition) is 20. The molecule has 55 nitrogen and oxygen atoms in total. The third-order valence-corrected chi connectivity index (χ3v) is 22.5. The van der Waals surface area contributed by atoms with Crippen molar-refractivity contribution in [3.8, 4) is 0 Å². The second-order valence-corrected chi connectivity index (χ2v) is 34.9. The molecule has 20 N–H and O–H groups in total. The molecule has 1 aromatic carbocycles. The Morgan fingerprint density at radius 2 is 0.490 bits per heavy atom. The van der Waals surface area contributed by atoms with Gasteiger partial charge in [-0.05, 0) is 101 Å². The number of anilines is 11. The molecule has 10 aromatic heterocycles. The lowest BCUT2D eigenvalue weighted by atomic mass is 10.1. The fourth-order valence-corrected chi connectivity index (χ4v) is 15.0. The van der Waals surface area contributed by atoms with Crippen LogP contribution in [0.15, 0.2) is 117 Å². The van der Waals surface area contributed by atoms with Crippen molar-refractivity contribution in [1.29, 1.82) is 0 Å². The lowest BCUT2D eigenvalue weighted by Gasteiger charge is -2.10. The summed E-state index contributed by atoms with van der Waals surface area (Å²) in [5.74, 6) is -10.4. The van der Waals surface area contributed by atoms with E-state index in [1.54, 1.807) is 59.9 Å². The molecular weight excluding hydrogens is 1940 g/mol. The van der Waals surface area contributed by atoms with E-state index in [4.69, 9.17) is 5.21 Å². The van der Waals surface area contributed by atoms with E-state index < -0.39 is 100 Å². The number of nitrogens with one attached hydrogen (secondary N) is 19. The van der Waals surface area contributed by atoms with E-state index in [1.165, 1.54) is 178 Å². The number of unbranched alkanes of at least 4 members (excludes halogenated alkanes) is 3. The second-order valence-electron chi connectivity index (χ2n) is 34.9. The number of carbonyl (C=O) groups excluding carboxylic acids is 19. The number of imidazole rings is 5. The maximum absolute atomic E-state index is 13.6. The third-order valence-electron chi connectivity index (χ3n) is 22.5. The molecule has 0 atom stereocenters. The molecule has 0 fully saturated rings. The zero-order valence-corrected chi connectivity index (χ0v) is 83.9. The largest absolute Gasteiger partial charge is 0.356 e. The van der Waals surface area contributed by atoms with E-state index in [0.29, 0.717) is 30.6 Å². The van der Waals surface area contributed by atoms with Crippen LogP contribution in [0, 0.1) is 0 Å². The van der Waals surface area contributed by atoms with Crippen LogP contribution in [0.1, 0.15) is 206 Å². The highest BCUT2D eigenvalue weighted by Gasteiger charge is 2.28. The van der Waals surface area contributed by atoms with Crippen LogP contribution in [0.4, 0.5) is 63.2 Å². The monoisotopic (exact) mass is 2060 g/mol. The Hall–Kier alpha value is -18.5. The summed E-state index contributed by atoms with van der Waals surface area (Å²) in [6, 6.07) is 13.3. The first-order valence-corrected chi connectivity index (χ1v) is 47.0. The van der Waals surface area contributed by atoms with Gasteiger partial charge in [0.05, 0.1) is 28.4 Å². The molecule has 0 aliphatic rings. The molecule has 0 saturated carbocycles. The Morgan fingerprint density at radius 1 is 0.235 bits per heavy atom. The maximum atomic E-state index is 13.6. The first-order chi connectivity index (χ1) is 71.0. The highest BCUT2D eigenvalue weighted by molar-refractivity contribution is 6.10. The van der Waals surface area contributed by atoms with Gasteiger partial charge in [0.1, 0.15) is 28.5 Å². The average Bonchev–Trinajstić information content (AvgIpc) is 1.69. The third kappa shape index (κ3) is 32.5. The van der Waals surface area contributed by atoms with Gasteiger partial charge >= 0.3 is 0 Å². The molecule has 790 valence electrons. The first-order valence-electron chi connectivity index (χ1n) is 47.0. The van der Waals surface area contributed by atoms with Crippen LogP contribution in [0.2, 0.25) is 0 Å². The van der Waals surface area contributed by atoms with Crippen molar-refractivity contribution in [2.75, 3.05) is 125 Å². The predicted octanol–water partition coefficient (Wildman–Crippen LogP) is 2.46. The fraction of sp³-hybridized carbons (Fsp3) is 0.362. The smallest absolute Gasteiger partial charge is 0.292 e. The molecule has 0 radical (unpaired) electrons. The van der Waals surface area contributed by atoms with Crippen LogP contribution < -0.4 is 101 Å². The lowest BCUT2D eigenvalue weighted by molar-refractivity contribution is -0.129. The van der Waals surface area contributed by atoms with Crippen LogP contribution in [-0.2, 0) is 109 Å². The summed E-state index contributed by atoms with van der Waals surface area (Å²) >= 11 is 0. The quantitative estimate of drug-likeness (QED) is 0.0148. The standard InChI is InChI=1S/C94H119N35O20/c1-119(2)38-18-32-95-71(130)27-35-99-86(140)63-41-59(47-122(63)5)106-93(147)82-116-70(53-129(82)12)117-94(148)83-115-69(52-128(83)11)111-77(136)30-37-101-88(142)64-42-58(46-123(64)6)105-90(144)79-112-66(49-125(79)8)108-74(133)21-17-31-97-85(139)61-40-57(45-121(61)4)104-91(145)80-114-68(51-127(80)10)110-76(135)29-36-100-87(141)62-39-56(44-120(62)3)103-89(143)65-43-60(48-124(65)7)107-92(146)81-113-67(50-126(81)9)109-75(134)28-33-96-72(131)26-34-98-84(138)54-22-24-55(25-23-54)102-73(132)19-15-13-14-16-20-78(137)118-149/h22-25,39-53,149H,13-21,26-38H2,1-12H3,(H,95,130)(H,96,131)(H,97,139)(H,98,138)(H,99,140)(H,100,141)(H,101,142)(H,102,132)(H,103,143)(H,104,145)(H,105,144)(H,106,147)(H,107,146)(H,108,133)(H,109,134)(H,110,135)(H,111,136)(H,117,148)(H,118,137). The number of carbonyl (C=O) groups is 19. The SMILES string of the molecule is CN(C)CCCNC(=O)CCNC(=O)c1cc(NC(=O)c2nc(NC(=O)c3nc(NC(=O)CCNC(=O)c4cc(NC(=O)c5nc(NC(=O)CCCNC(=O)c6cc(NC(=O)c7nc(NC(=O)CCNC(=O)c8cc(NC(=O)c9cc(NC(=O)c%10nc(NC(=O)CCNC(=O)CCNC(=O)c%11ccc(NC(=O)CCCCCCC(=O)NO)cc%11)cn%10C)cn9C)cn8C)cn7C)cn6C)cn5C)cn4C)cn3C)cn2C)cn1C. The Balaban J connectivity index is 0.527. The molecular formula is C94H119N35O20. The van der Waals surface area contributed by atoms with Gasteiger partial charge in [-0.2, -0.15) is 0 Å². The maximum Gasteiger partial charge on any atom is 0.292 e. The fourth-order valence-electron chi connectivity index (χ4n) is 15.0. The molecule has 19 amide bonds. The normalized spacial score (nSPS) is 10.9. The molecule has 10 heterocycles. The number of aryl methyl sites for hydroxylation is 10. The number of aromatic nitrogens is 15. The molecule has 0 bridgehead atoms. The lowest BCUT2D eigenvalue weighted by Crippen LogP contribution is -2.32. The summed E-state index contributed by atoms with van der Waals surface area (Å²) in [6.45, 7) is 1.19. The minimum absolute atomic E-state index is 0.00114. The van der Waals surface area contributed by atoms with Crippen molar-refractivity contribution in [2.24, 2.45) is 70.5 Å². The number of rotatable bonds is 52. The van der Waals surface area contributed by atoms with Gasteiger partial charge in [0, 0.05) is 241 Å². The van der Waals surface area contributed by atoms with Gasteiger partial charge < -0.3 is 146 Å². The molecule has 0 aliphatic heterocycles. The van der Waals surface area contributed by atoms with Crippen molar-refractivity contribution >= 4 is 175 Å². The van der Waals surface area contributed by atoms with Crippen LogP contribution in [0.3, 0.4) is 0 Å². The Bertz CT molecular complexity index is 6860. The van der Waals surface area contributed by atoms with Crippen LogP contribution >= 0.6 is 0 Å². The number of amides is 19. The average molecular weight is 2060 g/mol. The molecule has 149 heavy (non-hydrogen) atoms. The van der Waals surface area contributed by atoms with Crippen molar-refractivity contribution in [3.63, 3.8) is 0 Å². The highest BCUT2D eigenvalue weighted by atomic mass is 16.5. The van der Waals surface area contributed by atoms with Gasteiger partial charge in [-0.1, -0.05) is 12.8 Å². The van der Waals surface area contributed by atoms with Crippen molar-refractivity contribution in [2.45, 2.75) is 89.9 Å². The summed E-state index contributed by atoms with van der Waals surface area (Å²) in [7, 11) is 19.4. The topological polar surface area (TPSA) is 690 Å². The summed E-state index contributed by atoms with van der Waals surface area (Å²) in [5.41, 5.74) is 4.31. The molecule has 0 spiro atoms. The molecule has 55 heteroatoms. The zero-order chi connectivity index (χ0) is 108. The molecule has 11 rings (SSSR count). The van der Waals surface area contributed by atoms with Gasteiger partial charge in [-0.25, -0.2) is 30.4 Å². The first kappa shape index (κ1) is 111. The minimum atomic E-state index is -0.725. The molecule has 0 aliphatic carbocycles. The number of nitrogens with zero attached hydrogens (tertiary/aromatic N) is 16. The zero-order valence-electron chi connectivity index (χ0n) is 83.9. The summed E-state index contributed by atoms with van der Waals surface area (Å²) < 4.78 is 14.2. The van der Waals surface area contributed by atoms with Gasteiger partial charge in [-0.15, -0.1) is 0 Å². The van der Waals surface area contributed by atoms with E-state index in [9.17, 15) is 91.1 Å². The van der Waals surface area contributed by atoms with Crippen molar-refractivity contribution in [3.05, 3.63) is 180 Å². The van der Waals surface area contributed by atoms with E-state index in [0.717, 1.165) is 25.8 Å². The van der Waals surface area contributed by atoms with Crippen molar-refractivity contribution < 1.29 is 96.3 Å². The van der Waals surface area contributed by atoms with Gasteiger partial charge in [0.15, 0.2) is 29.1 Å². The van der Waals surface area contributed by atoms with Crippen molar-refractivity contribution in [1.82, 2.24) is 118 Å². The summed E-state index contributed by atoms with van der Waals surface area (Å²) in [6.07, 6.45) is 18.0. The summed E-state index contributed by atoms with van der Waals surface area (Å²) in [5, 5.41) is 56.7. The van der Waals surface area contributed by atoms with E-state index in [-0.39, 0.29) is 224 Å². The van der Waals surface area contributed by atoms with E-state index in [2.05, 4.69) is 121 Å². The van der Waals surface area contributed by atoms with E-state index >= 15 is 0 Å². The Morgan fingerprint density at radius 3 is 0.826 bits per heavy atom. The summed E-state index contributed by atoms with van der Waals surface area (Å²) in [4.78, 5) is 270. The van der Waals surface area contributed by atoms with Gasteiger partial charge in [0.2, 0.25) is 76.4 Å². The van der Waals surface area contributed by atoms with Crippen LogP contribution in [-0.4, -0.2) is 259 Å². The Kier molecular flexibility index (Phi) is 38.8. The number of benzene rings is 1. The van der Waals surface area contributed by atoms with Gasteiger partial charge in [-0.3, -0.25) is 96.3 Å². The number of hydroxylamine groups is 1. The highest BCUT2D eigenvalue weighted by Crippen LogP contribution is 2.25.